The zero-order chi connectivity index (χ0) is 22.6. The lowest BCUT2D eigenvalue weighted by atomic mass is 9.77. The van der Waals surface area contributed by atoms with E-state index in [0.29, 0.717) is 12.1 Å². The molecular formula is C17H19F9O2. The van der Waals surface area contributed by atoms with E-state index in [4.69, 9.17) is 0 Å². The lowest BCUT2D eigenvalue weighted by molar-refractivity contribution is -0.376. The average Bonchev–Trinajstić information content (AvgIpc) is 2.50. The highest BCUT2D eigenvalue weighted by atomic mass is 19.4. The third kappa shape index (κ3) is 3.96. The van der Waals surface area contributed by atoms with Crippen LogP contribution >= 0.6 is 0 Å². The molecule has 0 fully saturated rings. The van der Waals surface area contributed by atoms with E-state index in [1.165, 1.54) is 20.8 Å². The van der Waals surface area contributed by atoms with Gasteiger partial charge in [-0.1, -0.05) is 32.9 Å². The Labute approximate surface area is 155 Å². The molecule has 0 aromatic heterocycles. The largest absolute Gasteiger partial charge is 0.430 e. The van der Waals surface area contributed by atoms with Crippen molar-refractivity contribution in [2.24, 2.45) is 0 Å². The van der Waals surface area contributed by atoms with Crippen molar-refractivity contribution in [2.75, 3.05) is 0 Å². The van der Waals surface area contributed by atoms with E-state index in [1.54, 1.807) is 0 Å². The van der Waals surface area contributed by atoms with Crippen molar-refractivity contribution in [3.63, 3.8) is 0 Å². The van der Waals surface area contributed by atoms with Gasteiger partial charge in [0.2, 0.25) is 0 Å². The third-order valence-electron chi connectivity index (χ3n) is 4.95. The van der Waals surface area contributed by atoms with Gasteiger partial charge in [0.25, 0.3) is 5.60 Å². The summed E-state index contributed by atoms with van der Waals surface area (Å²) in [7, 11) is 0. The molecule has 0 aliphatic heterocycles. The van der Waals surface area contributed by atoms with Gasteiger partial charge in [0.05, 0.1) is 0 Å². The molecule has 1 aromatic rings. The molecule has 1 atom stereocenters. The van der Waals surface area contributed by atoms with Crippen molar-refractivity contribution in [1.82, 2.24) is 0 Å². The molecule has 0 saturated carbocycles. The van der Waals surface area contributed by atoms with Crippen LogP contribution in [0.5, 0.6) is 0 Å². The Balaban J connectivity index is 4.01. The Morgan fingerprint density at radius 2 is 1.00 bits per heavy atom. The number of aliphatic hydroxyl groups is 2. The molecule has 11 heteroatoms. The fraction of sp³-hybridized carbons (Fsp3) is 0.647. The highest BCUT2D eigenvalue weighted by Crippen LogP contribution is 2.52. The Hall–Kier alpha value is -1.49. The minimum atomic E-state index is -6.28. The van der Waals surface area contributed by atoms with Crippen LogP contribution in [0, 0.1) is 0 Å². The number of rotatable bonds is 4. The van der Waals surface area contributed by atoms with Crippen molar-refractivity contribution in [2.45, 2.75) is 69.3 Å². The molecule has 0 heterocycles. The van der Waals surface area contributed by atoms with Crippen molar-refractivity contribution >= 4 is 0 Å². The zero-order valence-electron chi connectivity index (χ0n) is 15.2. The van der Waals surface area contributed by atoms with Crippen molar-refractivity contribution in [3.05, 3.63) is 34.9 Å². The first-order valence-electron chi connectivity index (χ1n) is 7.94. The fourth-order valence-corrected chi connectivity index (χ4v) is 2.36. The van der Waals surface area contributed by atoms with Gasteiger partial charge in [-0.2, -0.15) is 39.5 Å². The van der Waals surface area contributed by atoms with Gasteiger partial charge >= 0.3 is 18.5 Å². The molecule has 0 bridgehead atoms. The maximum atomic E-state index is 13.2. The normalized spacial score (nSPS) is 16.8. The smallest absolute Gasteiger partial charge is 0.376 e. The van der Waals surface area contributed by atoms with Crippen LogP contribution in [0.2, 0.25) is 0 Å². The first-order valence-corrected chi connectivity index (χ1v) is 7.94. The molecule has 0 spiro atoms. The summed E-state index contributed by atoms with van der Waals surface area (Å²) in [4.78, 5) is 0. The maximum absolute atomic E-state index is 13.2. The molecule has 28 heavy (non-hydrogen) atoms. The summed E-state index contributed by atoms with van der Waals surface area (Å²) in [6.07, 6.45) is -17.8. The number of alkyl halides is 9. The molecule has 1 aromatic carbocycles. The number of benzene rings is 1. The standard InChI is InChI=1S/C17H19F9O2/c1-5-12(2,3)9-6-10(13(4,27)15(18,19)20)8-11(7-9)14(28,16(21,22)23)17(24,25)26/h6-8,27-28H,5H2,1-4H3. The Kier molecular flexibility index (Phi) is 5.95. The summed E-state index contributed by atoms with van der Waals surface area (Å²) in [6, 6.07) is 0.928. The van der Waals surface area contributed by atoms with Gasteiger partial charge in [0.1, 0.15) is 0 Å². The molecule has 162 valence electrons. The summed E-state index contributed by atoms with van der Waals surface area (Å²) in [6.45, 7) is 4.50. The van der Waals surface area contributed by atoms with Crippen LogP contribution in [0.15, 0.2) is 18.2 Å². The second-order valence-electron chi connectivity index (χ2n) is 7.31. The number of hydrogen-bond donors (Lipinski definition) is 2. The van der Waals surface area contributed by atoms with Crippen LogP contribution in [-0.4, -0.2) is 28.7 Å². The second-order valence-corrected chi connectivity index (χ2v) is 7.31. The molecule has 1 unspecified atom stereocenters. The minimum absolute atomic E-state index is 0.121. The van der Waals surface area contributed by atoms with Crippen LogP contribution in [0.1, 0.15) is 50.8 Å². The summed E-state index contributed by atoms with van der Waals surface area (Å²) in [5.74, 6) is 0. The molecule has 2 nitrogen and oxygen atoms in total. The lowest BCUT2D eigenvalue weighted by Gasteiger charge is -2.36. The number of halogens is 9. The maximum Gasteiger partial charge on any atom is 0.430 e. The van der Waals surface area contributed by atoms with E-state index in [9.17, 15) is 49.7 Å². The molecule has 1 rings (SSSR count). The minimum Gasteiger partial charge on any atom is -0.376 e. The van der Waals surface area contributed by atoms with E-state index < -0.39 is 46.3 Å². The number of hydrogen-bond acceptors (Lipinski definition) is 2. The summed E-state index contributed by atoms with van der Waals surface area (Å²) in [5.41, 5.74) is -13.8. The van der Waals surface area contributed by atoms with Crippen LogP contribution in [-0.2, 0) is 16.6 Å². The molecule has 2 N–H and O–H groups in total. The Morgan fingerprint density at radius 3 is 1.32 bits per heavy atom. The van der Waals surface area contributed by atoms with Crippen molar-refractivity contribution in [3.8, 4) is 0 Å². The van der Waals surface area contributed by atoms with Gasteiger partial charge in [0.15, 0.2) is 5.60 Å². The summed E-state index contributed by atoms with van der Waals surface area (Å²) < 4.78 is 119. The zero-order valence-corrected chi connectivity index (χ0v) is 15.2. The molecule has 0 amide bonds. The van der Waals surface area contributed by atoms with E-state index in [2.05, 4.69) is 0 Å². The predicted molar refractivity (Wildman–Crippen MR) is 81.4 cm³/mol. The molecule has 0 saturated heterocycles. The highest BCUT2D eigenvalue weighted by Gasteiger charge is 2.71. The first kappa shape index (κ1) is 24.5. The van der Waals surface area contributed by atoms with E-state index in [0.717, 1.165) is 0 Å². The van der Waals surface area contributed by atoms with Gasteiger partial charge in [-0.3, -0.25) is 0 Å². The van der Waals surface area contributed by atoms with Gasteiger partial charge in [-0.05, 0) is 36.0 Å². The van der Waals surface area contributed by atoms with Crippen LogP contribution in [0.25, 0.3) is 0 Å². The fourth-order valence-electron chi connectivity index (χ4n) is 2.36. The molecule has 0 radical (unpaired) electrons. The molecular weight excluding hydrogens is 407 g/mol. The highest BCUT2D eigenvalue weighted by molar-refractivity contribution is 5.41. The SMILES string of the molecule is CCC(C)(C)c1cc(C(C)(O)C(F)(F)F)cc(C(O)(C(F)(F)F)C(F)(F)F)c1. The topological polar surface area (TPSA) is 40.5 Å². The lowest BCUT2D eigenvalue weighted by Crippen LogP contribution is -2.54. The monoisotopic (exact) mass is 426 g/mol. The van der Waals surface area contributed by atoms with E-state index in [1.807, 2.05) is 0 Å². The van der Waals surface area contributed by atoms with Crippen LogP contribution in [0.4, 0.5) is 39.5 Å². The van der Waals surface area contributed by atoms with Gasteiger partial charge < -0.3 is 10.2 Å². The quantitative estimate of drug-likeness (QED) is 0.628. The van der Waals surface area contributed by atoms with Crippen molar-refractivity contribution < 1.29 is 49.7 Å². The predicted octanol–water partition coefficient (Wildman–Crippen LogP) is 5.46. The van der Waals surface area contributed by atoms with Crippen LogP contribution < -0.4 is 0 Å². The van der Waals surface area contributed by atoms with Gasteiger partial charge in [-0.25, -0.2) is 0 Å². The summed E-state index contributed by atoms with van der Waals surface area (Å²) >= 11 is 0. The average molecular weight is 426 g/mol. The van der Waals surface area contributed by atoms with Gasteiger partial charge in [0, 0.05) is 5.56 Å². The van der Waals surface area contributed by atoms with E-state index in [-0.39, 0.29) is 25.0 Å². The summed E-state index contributed by atoms with van der Waals surface area (Å²) in [5, 5.41) is 19.4. The Bertz CT molecular complexity index is 699. The second kappa shape index (κ2) is 6.79. The van der Waals surface area contributed by atoms with Gasteiger partial charge in [-0.15, -0.1) is 0 Å². The third-order valence-corrected chi connectivity index (χ3v) is 4.95. The Morgan fingerprint density at radius 1 is 0.643 bits per heavy atom. The molecule has 0 aliphatic rings. The molecule has 0 aliphatic carbocycles. The van der Waals surface area contributed by atoms with Crippen LogP contribution in [0.3, 0.4) is 0 Å². The van der Waals surface area contributed by atoms with E-state index >= 15 is 0 Å². The first-order chi connectivity index (χ1) is 12.1. The van der Waals surface area contributed by atoms with Crippen molar-refractivity contribution in [1.29, 1.82) is 0 Å².